The summed E-state index contributed by atoms with van der Waals surface area (Å²) in [4.78, 5) is 15.6. The summed E-state index contributed by atoms with van der Waals surface area (Å²) < 4.78 is 69.1. The second kappa shape index (κ2) is 9.04. The van der Waals surface area contributed by atoms with Gasteiger partial charge in [-0.25, -0.2) is 8.42 Å². The van der Waals surface area contributed by atoms with Gasteiger partial charge < -0.3 is 15.0 Å². The fourth-order valence-corrected chi connectivity index (χ4v) is 5.68. The normalized spacial score (nSPS) is 22.7. The summed E-state index contributed by atoms with van der Waals surface area (Å²) >= 11 is 0. The third-order valence-corrected chi connectivity index (χ3v) is 7.86. The predicted octanol–water partition coefficient (Wildman–Crippen LogP) is 4.58. The van der Waals surface area contributed by atoms with E-state index in [1.807, 2.05) is 12.1 Å². The molecule has 4 rings (SSSR count). The molecule has 2 aliphatic heterocycles. The molecular formula is C25H29F3N2O4S. The molecule has 2 aromatic rings. The first-order valence-electron chi connectivity index (χ1n) is 11.5. The Morgan fingerprint density at radius 1 is 1.00 bits per heavy atom. The van der Waals surface area contributed by atoms with Gasteiger partial charge in [-0.1, -0.05) is 12.1 Å². The van der Waals surface area contributed by atoms with Crippen LogP contribution in [0.15, 0.2) is 53.4 Å². The van der Waals surface area contributed by atoms with Crippen LogP contribution in [0.4, 0.5) is 18.9 Å². The van der Waals surface area contributed by atoms with E-state index in [0.717, 1.165) is 24.6 Å². The molecule has 0 unspecified atom stereocenters. The lowest BCUT2D eigenvalue weighted by Gasteiger charge is -2.41. The fraction of sp³-hybridized carbons (Fsp3) is 0.480. The molecule has 3 atom stereocenters. The molecule has 0 aliphatic carbocycles. The number of nitrogens with zero attached hydrogens (tertiary/aromatic N) is 1. The first kappa shape index (κ1) is 25.3. The third-order valence-electron chi connectivity index (χ3n) is 6.74. The van der Waals surface area contributed by atoms with Crippen LogP contribution >= 0.6 is 0 Å². The SMILES string of the molecule is CC(C)(Oc1ccccc1C(F)(F)F)C(=O)N[C@H]1C[C@H]2CC[C@@H](C1)N2c1ccc(S(C)(=O)=O)cc1. The zero-order valence-electron chi connectivity index (χ0n) is 19.8. The van der Waals surface area contributed by atoms with Gasteiger partial charge in [-0.05, 0) is 75.9 Å². The number of hydrogen-bond donors (Lipinski definition) is 1. The van der Waals surface area contributed by atoms with E-state index in [4.69, 9.17) is 4.74 Å². The van der Waals surface area contributed by atoms with E-state index in [1.165, 1.54) is 38.3 Å². The first-order chi connectivity index (χ1) is 16.3. The van der Waals surface area contributed by atoms with Gasteiger partial charge in [0.2, 0.25) is 0 Å². The molecule has 6 nitrogen and oxygen atoms in total. The van der Waals surface area contributed by atoms with Crippen molar-refractivity contribution in [2.45, 2.75) is 74.3 Å². The lowest BCUT2D eigenvalue weighted by Crippen LogP contribution is -2.55. The smallest absolute Gasteiger partial charge is 0.419 e. The Morgan fingerprint density at radius 3 is 2.11 bits per heavy atom. The molecule has 2 bridgehead atoms. The monoisotopic (exact) mass is 510 g/mol. The van der Waals surface area contributed by atoms with Crippen LogP contribution < -0.4 is 15.0 Å². The topological polar surface area (TPSA) is 75.7 Å². The summed E-state index contributed by atoms with van der Waals surface area (Å²) in [6, 6.07) is 11.9. The van der Waals surface area contributed by atoms with Gasteiger partial charge in [-0.15, -0.1) is 0 Å². The Kier molecular flexibility index (Phi) is 6.54. The second-order valence-electron chi connectivity index (χ2n) is 9.81. The highest BCUT2D eigenvalue weighted by atomic mass is 32.2. The Labute approximate surface area is 203 Å². The quantitative estimate of drug-likeness (QED) is 0.616. The van der Waals surface area contributed by atoms with Crippen molar-refractivity contribution in [3.63, 3.8) is 0 Å². The zero-order valence-corrected chi connectivity index (χ0v) is 20.6. The number of para-hydroxylation sites is 1. The number of fused-ring (bicyclic) bond motifs is 2. The number of benzene rings is 2. The largest absolute Gasteiger partial charge is 0.477 e. The summed E-state index contributed by atoms with van der Waals surface area (Å²) in [5.74, 6) is -0.850. The molecule has 1 amide bonds. The number of hydrogen-bond acceptors (Lipinski definition) is 5. The summed E-state index contributed by atoms with van der Waals surface area (Å²) in [6.45, 7) is 2.92. The molecule has 2 aliphatic rings. The molecule has 2 aromatic carbocycles. The van der Waals surface area contributed by atoms with E-state index in [2.05, 4.69) is 10.2 Å². The number of alkyl halides is 3. The molecule has 2 saturated heterocycles. The van der Waals surface area contributed by atoms with Crippen molar-refractivity contribution >= 4 is 21.4 Å². The Hall–Kier alpha value is -2.75. The molecule has 0 aromatic heterocycles. The minimum absolute atomic E-state index is 0.132. The van der Waals surface area contributed by atoms with Gasteiger partial charge >= 0.3 is 6.18 Å². The van der Waals surface area contributed by atoms with Crippen molar-refractivity contribution in [3.05, 3.63) is 54.1 Å². The molecule has 0 spiro atoms. The molecule has 35 heavy (non-hydrogen) atoms. The highest BCUT2D eigenvalue weighted by molar-refractivity contribution is 7.90. The molecule has 190 valence electrons. The van der Waals surface area contributed by atoms with E-state index >= 15 is 0 Å². The molecule has 2 heterocycles. The van der Waals surface area contributed by atoms with Gasteiger partial charge in [-0.3, -0.25) is 4.79 Å². The van der Waals surface area contributed by atoms with Crippen LogP contribution in [0.1, 0.15) is 45.1 Å². The maximum absolute atomic E-state index is 13.3. The Bertz CT molecular complexity index is 1180. The third kappa shape index (κ3) is 5.42. The van der Waals surface area contributed by atoms with Crippen LogP contribution in [-0.2, 0) is 20.8 Å². The van der Waals surface area contributed by atoms with Crippen molar-refractivity contribution in [1.82, 2.24) is 5.32 Å². The number of carbonyl (C=O) groups excluding carboxylic acids is 1. The minimum atomic E-state index is -4.59. The van der Waals surface area contributed by atoms with Crippen molar-refractivity contribution < 1.29 is 31.1 Å². The van der Waals surface area contributed by atoms with E-state index in [0.29, 0.717) is 12.8 Å². The van der Waals surface area contributed by atoms with Gasteiger partial charge in [0.15, 0.2) is 15.4 Å². The number of sulfone groups is 1. The number of amides is 1. The summed E-state index contributed by atoms with van der Waals surface area (Å²) in [5, 5.41) is 2.99. The maximum atomic E-state index is 13.3. The van der Waals surface area contributed by atoms with Crippen LogP contribution in [0.3, 0.4) is 0 Å². The Morgan fingerprint density at radius 2 is 1.57 bits per heavy atom. The Balaban J connectivity index is 1.42. The standard InChI is InChI=1S/C25H29F3N2O4S/c1-24(2,34-22-7-5-4-6-21(22)25(26,27)28)23(31)29-16-14-18-8-9-19(15-16)30(18)17-10-12-20(13-11-17)35(3,32)33/h4-7,10-13,16,18-19H,8-9,14-15H2,1-3H3,(H,29,31)/t16-,18+,19-. The van der Waals surface area contributed by atoms with Gasteiger partial charge in [0, 0.05) is 30.1 Å². The molecular weight excluding hydrogens is 481 g/mol. The number of rotatable bonds is 6. The number of carbonyl (C=O) groups is 1. The van der Waals surface area contributed by atoms with Crippen LogP contribution in [0.25, 0.3) is 0 Å². The molecule has 10 heteroatoms. The van der Waals surface area contributed by atoms with Crippen LogP contribution in [0.5, 0.6) is 5.75 Å². The minimum Gasteiger partial charge on any atom is -0.477 e. The number of nitrogens with one attached hydrogen (secondary N) is 1. The van der Waals surface area contributed by atoms with Gasteiger partial charge in [-0.2, -0.15) is 13.2 Å². The average Bonchev–Trinajstić information content (AvgIpc) is 3.03. The summed E-state index contributed by atoms with van der Waals surface area (Å²) in [6.07, 6.45) is -0.147. The van der Waals surface area contributed by atoms with Gasteiger partial charge in [0.25, 0.3) is 5.91 Å². The van der Waals surface area contributed by atoms with Gasteiger partial charge in [0.05, 0.1) is 10.5 Å². The van der Waals surface area contributed by atoms with E-state index in [9.17, 15) is 26.4 Å². The average molecular weight is 511 g/mol. The van der Waals surface area contributed by atoms with Crippen LogP contribution in [-0.4, -0.2) is 44.3 Å². The predicted molar refractivity (Wildman–Crippen MR) is 126 cm³/mol. The number of piperidine rings is 1. The molecule has 0 radical (unpaired) electrons. The van der Waals surface area contributed by atoms with Crippen molar-refractivity contribution in [3.8, 4) is 5.75 Å². The second-order valence-corrected chi connectivity index (χ2v) is 11.8. The van der Waals surface area contributed by atoms with Crippen molar-refractivity contribution in [2.75, 3.05) is 11.2 Å². The molecule has 0 saturated carbocycles. The van der Waals surface area contributed by atoms with Gasteiger partial charge in [0.1, 0.15) is 5.75 Å². The highest BCUT2D eigenvalue weighted by Crippen LogP contribution is 2.40. The number of ether oxygens (including phenoxy) is 1. The lowest BCUT2D eigenvalue weighted by atomic mass is 9.95. The van der Waals surface area contributed by atoms with E-state index < -0.39 is 33.1 Å². The van der Waals surface area contributed by atoms with E-state index in [-0.39, 0.29) is 28.8 Å². The summed E-state index contributed by atoms with van der Waals surface area (Å²) in [5.41, 5.74) is -1.48. The number of halogens is 3. The van der Waals surface area contributed by atoms with Crippen LogP contribution in [0.2, 0.25) is 0 Å². The fourth-order valence-electron chi connectivity index (χ4n) is 5.05. The van der Waals surface area contributed by atoms with E-state index in [1.54, 1.807) is 12.1 Å². The molecule has 1 N–H and O–H groups in total. The first-order valence-corrected chi connectivity index (χ1v) is 13.4. The molecule has 2 fully saturated rings. The number of anilines is 1. The van der Waals surface area contributed by atoms with Crippen molar-refractivity contribution in [1.29, 1.82) is 0 Å². The lowest BCUT2D eigenvalue weighted by molar-refractivity contribution is -0.143. The van der Waals surface area contributed by atoms with Crippen LogP contribution in [0, 0.1) is 0 Å². The summed E-state index contributed by atoms with van der Waals surface area (Å²) in [7, 11) is -3.27. The maximum Gasteiger partial charge on any atom is 0.419 e. The highest BCUT2D eigenvalue weighted by Gasteiger charge is 2.43. The van der Waals surface area contributed by atoms with Crippen molar-refractivity contribution in [2.24, 2.45) is 0 Å². The zero-order chi connectivity index (χ0) is 25.6.